The molecule has 1 fully saturated rings. The lowest BCUT2D eigenvalue weighted by Crippen LogP contribution is -2.29. The molecular formula is C32H27N3O3. The number of benzene rings is 4. The number of aromatic hydroxyl groups is 1. The van der Waals surface area contributed by atoms with Crippen LogP contribution < -0.4 is 0 Å². The number of carbonyl (C=O) groups excluding carboxylic acids is 1. The van der Waals surface area contributed by atoms with Crippen molar-refractivity contribution in [3.8, 4) is 5.75 Å². The third kappa shape index (κ3) is 4.30. The summed E-state index contributed by atoms with van der Waals surface area (Å²) in [5.74, 6) is 0.125. The summed E-state index contributed by atoms with van der Waals surface area (Å²) in [6, 6.07) is 29.3. The van der Waals surface area contributed by atoms with Crippen LogP contribution in [0.15, 0.2) is 102 Å². The van der Waals surface area contributed by atoms with Crippen molar-refractivity contribution in [3.63, 3.8) is 0 Å². The molecule has 6 nitrogen and oxygen atoms in total. The minimum Gasteiger partial charge on any atom is -0.508 e. The number of phenolic OH excluding ortho intramolecular Hbond substituents is 1. The van der Waals surface area contributed by atoms with Gasteiger partial charge in [0.25, 0.3) is 5.91 Å². The summed E-state index contributed by atoms with van der Waals surface area (Å²) in [5.41, 5.74) is 5.90. The zero-order valence-corrected chi connectivity index (χ0v) is 21.3. The van der Waals surface area contributed by atoms with E-state index in [1.54, 1.807) is 30.3 Å². The van der Waals surface area contributed by atoms with Crippen molar-refractivity contribution < 1.29 is 14.6 Å². The molecule has 2 heterocycles. The average Bonchev–Trinajstić information content (AvgIpc) is 3.40. The molecule has 1 aliphatic rings. The van der Waals surface area contributed by atoms with Crippen LogP contribution in [0.5, 0.6) is 5.75 Å². The summed E-state index contributed by atoms with van der Waals surface area (Å²) in [6.45, 7) is 5.30. The van der Waals surface area contributed by atoms with Gasteiger partial charge in [-0.05, 0) is 73.5 Å². The molecule has 1 aromatic heterocycles. The fraction of sp³-hybridized carbons (Fsp3) is 0.125. The Kier molecular flexibility index (Phi) is 5.92. The first-order chi connectivity index (χ1) is 18.5. The third-order valence-corrected chi connectivity index (χ3v) is 6.83. The first-order valence-corrected chi connectivity index (χ1v) is 12.7. The average molecular weight is 502 g/mol. The number of carbonyl (C=O) groups is 1. The van der Waals surface area contributed by atoms with Crippen LogP contribution in [0.1, 0.15) is 23.6 Å². The van der Waals surface area contributed by atoms with Crippen molar-refractivity contribution in [2.24, 2.45) is 4.99 Å². The Labute approximate surface area is 220 Å². The van der Waals surface area contributed by atoms with E-state index in [2.05, 4.69) is 46.8 Å². The van der Waals surface area contributed by atoms with Crippen LogP contribution in [0, 0.1) is 6.92 Å². The van der Waals surface area contributed by atoms with E-state index in [0.717, 1.165) is 34.1 Å². The zero-order valence-electron chi connectivity index (χ0n) is 21.3. The lowest BCUT2D eigenvalue weighted by atomic mass is 10.1. The molecule has 0 unspecified atom stereocenters. The number of amides is 1. The molecule has 6 heteroatoms. The molecule has 0 atom stereocenters. The first-order valence-electron chi connectivity index (χ1n) is 12.7. The van der Waals surface area contributed by atoms with Crippen molar-refractivity contribution in [2.75, 3.05) is 0 Å². The summed E-state index contributed by atoms with van der Waals surface area (Å²) < 4.78 is 8.38. The maximum atomic E-state index is 13.6. The van der Waals surface area contributed by atoms with E-state index >= 15 is 0 Å². The number of ether oxygens (including phenoxy) is 1. The molecule has 38 heavy (non-hydrogen) atoms. The molecule has 0 radical (unpaired) electrons. The minimum absolute atomic E-state index is 0.173. The van der Waals surface area contributed by atoms with E-state index in [1.807, 2.05) is 43.3 Å². The maximum Gasteiger partial charge on any atom is 0.305 e. The highest BCUT2D eigenvalue weighted by Crippen LogP contribution is 2.31. The van der Waals surface area contributed by atoms with E-state index in [1.165, 1.54) is 15.8 Å². The second kappa shape index (κ2) is 9.56. The van der Waals surface area contributed by atoms with Crippen molar-refractivity contribution in [3.05, 3.63) is 113 Å². The van der Waals surface area contributed by atoms with Crippen LogP contribution in [0.25, 0.3) is 27.9 Å². The van der Waals surface area contributed by atoms with Crippen LogP contribution in [0.3, 0.4) is 0 Å². The summed E-state index contributed by atoms with van der Waals surface area (Å²) in [7, 11) is 0. The number of nitrogens with zero attached hydrogens (tertiary/aromatic N) is 3. The standard InChI is InChI=1S/C32H27N3O3/c1-3-34-28-7-5-4-6-26(28)27-18-23(12-17-29(27)34)19-30-31(37)35(20-22-10-15-25(36)16-11-22)32(38-30)33-24-13-8-21(2)9-14-24/h4-19,36H,3,20H2,1-2H3/b30-19+,33-32?. The van der Waals surface area contributed by atoms with Gasteiger partial charge in [0.1, 0.15) is 5.75 Å². The highest BCUT2D eigenvalue weighted by Gasteiger charge is 2.35. The molecule has 1 saturated heterocycles. The molecule has 0 saturated carbocycles. The Hall–Kier alpha value is -4.84. The van der Waals surface area contributed by atoms with Crippen molar-refractivity contribution in [2.45, 2.75) is 26.9 Å². The predicted molar refractivity (Wildman–Crippen MR) is 151 cm³/mol. The number of para-hydroxylation sites is 1. The van der Waals surface area contributed by atoms with Gasteiger partial charge in [0.05, 0.1) is 12.2 Å². The molecule has 4 aromatic carbocycles. The number of amidine groups is 1. The highest BCUT2D eigenvalue weighted by atomic mass is 16.5. The van der Waals surface area contributed by atoms with Gasteiger partial charge in [-0.3, -0.25) is 9.69 Å². The number of aryl methyl sites for hydroxylation is 2. The Bertz CT molecular complexity index is 1730. The second-order valence-corrected chi connectivity index (χ2v) is 9.44. The minimum atomic E-state index is -0.264. The van der Waals surface area contributed by atoms with Gasteiger partial charge < -0.3 is 14.4 Å². The molecule has 1 aliphatic heterocycles. The predicted octanol–water partition coefficient (Wildman–Crippen LogP) is 6.92. The summed E-state index contributed by atoms with van der Waals surface area (Å²) in [6.07, 6.45) is 1.78. The van der Waals surface area contributed by atoms with Crippen LogP contribution in [-0.4, -0.2) is 26.5 Å². The number of hydrogen-bond acceptors (Lipinski definition) is 4. The summed E-state index contributed by atoms with van der Waals surface area (Å²) in [4.78, 5) is 19.7. The summed E-state index contributed by atoms with van der Waals surface area (Å²) in [5, 5.41) is 12.0. The van der Waals surface area contributed by atoms with Crippen LogP contribution in [0.2, 0.25) is 0 Å². The number of fused-ring (bicyclic) bond motifs is 3. The van der Waals surface area contributed by atoms with Gasteiger partial charge in [-0.25, -0.2) is 0 Å². The molecule has 1 N–H and O–H groups in total. The van der Waals surface area contributed by atoms with Crippen LogP contribution in [-0.2, 0) is 22.6 Å². The lowest BCUT2D eigenvalue weighted by Gasteiger charge is -2.13. The molecule has 0 aliphatic carbocycles. The Morgan fingerprint density at radius 3 is 2.39 bits per heavy atom. The SMILES string of the molecule is CCn1c2ccccc2c2cc(/C=C3/OC(=Nc4ccc(C)cc4)N(Cc4ccc(O)cc4)C3=O)ccc21. The van der Waals surface area contributed by atoms with Gasteiger partial charge in [0, 0.05) is 28.4 Å². The quantitative estimate of drug-likeness (QED) is 0.266. The van der Waals surface area contributed by atoms with E-state index in [0.29, 0.717) is 5.69 Å². The smallest absolute Gasteiger partial charge is 0.305 e. The van der Waals surface area contributed by atoms with E-state index in [4.69, 9.17) is 4.74 Å². The fourth-order valence-corrected chi connectivity index (χ4v) is 4.90. The molecule has 188 valence electrons. The largest absolute Gasteiger partial charge is 0.508 e. The molecule has 5 aromatic rings. The Morgan fingerprint density at radius 2 is 1.63 bits per heavy atom. The first kappa shape index (κ1) is 23.6. The van der Waals surface area contributed by atoms with Gasteiger partial charge in [-0.1, -0.05) is 54.1 Å². The number of phenols is 1. The van der Waals surface area contributed by atoms with Crippen molar-refractivity contribution in [1.29, 1.82) is 0 Å². The van der Waals surface area contributed by atoms with Crippen LogP contribution in [0.4, 0.5) is 5.69 Å². The van der Waals surface area contributed by atoms with Gasteiger partial charge in [-0.15, -0.1) is 0 Å². The fourth-order valence-electron chi connectivity index (χ4n) is 4.90. The lowest BCUT2D eigenvalue weighted by molar-refractivity contribution is -0.123. The molecular weight excluding hydrogens is 474 g/mol. The monoisotopic (exact) mass is 501 g/mol. The van der Waals surface area contributed by atoms with E-state index < -0.39 is 0 Å². The van der Waals surface area contributed by atoms with Gasteiger partial charge in [0.2, 0.25) is 0 Å². The third-order valence-electron chi connectivity index (χ3n) is 6.83. The van der Waals surface area contributed by atoms with Crippen LogP contribution >= 0.6 is 0 Å². The second-order valence-electron chi connectivity index (χ2n) is 9.44. The summed E-state index contributed by atoms with van der Waals surface area (Å²) >= 11 is 0. The molecule has 1 amide bonds. The number of aliphatic imine (C=N–C) groups is 1. The normalized spacial score (nSPS) is 15.7. The number of rotatable bonds is 5. The van der Waals surface area contributed by atoms with Gasteiger partial charge in [0.15, 0.2) is 5.76 Å². The maximum absolute atomic E-state index is 13.6. The van der Waals surface area contributed by atoms with Gasteiger partial charge >= 0.3 is 6.02 Å². The topological polar surface area (TPSA) is 67.1 Å². The highest BCUT2D eigenvalue weighted by molar-refractivity contribution is 6.12. The molecule has 0 spiro atoms. The van der Waals surface area contributed by atoms with Crippen molar-refractivity contribution in [1.82, 2.24) is 9.47 Å². The Balaban J connectivity index is 1.40. The van der Waals surface area contributed by atoms with Gasteiger partial charge in [-0.2, -0.15) is 4.99 Å². The molecule has 0 bridgehead atoms. The zero-order chi connectivity index (χ0) is 26.2. The number of aromatic nitrogens is 1. The van der Waals surface area contributed by atoms with Crippen molar-refractivity contribution >= 4 is 45.5 Å². The Morgan fingerprint density at radius 1 is 0.895 bits per heavy atom. The van der Waals surface area contributed by atoms with E-state index in [-0.39, 0.29) is 30.0 Å². The van der Waals surface area contributed by atoms with E-state index in [9.17, 15) is 9.90 Å². The molecule has 6 rings (SSSR count). The number of hydrogen-bond donors (Lipinski definition) is 1.